The molecule has 3 rings (SSSR count). The number of aromatic nitrogens is 2. The van der Waals surface area contributed by atoms with Crippen LogP contribution in [-0.2, 0) is 4.79 Å². The van der Waals surface area contributed by atoms with Crippen molar-refractivity contribution in [3.05, 3.63) is 35.3 Å². The Labute approximate surface area is 106 Å². The normalized spacial score (nSPS) is 20.6. The number of carbonyl (C=O) groups excluding carboxylic acids is 1. The van der Waals surface area contributed by atoms with Crippen molar-refractivity contribution in [2.24, 2.45) is 0 Å². The third kappa shape index (κ3) is 1.73. The van der Waals surface area contributed by atoms with Crippen molar-refractivity contribution in [3.63, 3.8) is 0 Å². The van der Waals surface area contributed by atoms with Crippen LogP contribution in [-0.4, -0.2) is 21.7 Å². The molecule has 1 atom stereocenters. The lowest BCUT2D eigenvalue weighted by Gasteiger charge is -2.23. The summed E-state index contributed by atoms with van der Waals surface area (Å²) in [6.45, 7) is 4.85. The van der Waals surface area contributed by atoms with Gasteiger partial charge in [-0.05, 0) is 26.0 Å². The summed E-state index contributed by atoms with van der Waals surface area (Å²) in [4.78, 5) is 16.2. The molecule has 4 heteroatoms. The summed E-state index contributed by atoms with van der Waals surface area (Å²) in [7, 11) is 0. The quantitative estimate of drug-likeness (QED) is 0.832. The Morgan fingerprint density at radius 3 is 3.00 bits per heavy atom. The van der Waals surface area contributed by atoms with Crippen LogP contribution < -0.4 is 5.32 Å². The third-order valence-electron chi connectivity index (χ3n) is 3.61. The number of nitrogens with one attached hydrogen (secondary N) is 1. The van der Waals surface area contributed by atoms with Crippen LogP contribution in [0.5, 0.6) is 0 Å². The van der Waals surface area contributed by atoms with Crippen LogP contribution in [0.15, 0.2) is 18.2 Å². The number of piperidine rings is 1. The number of Topliss-reactive ketones (excluding diaryl/α,β-unsaturated/α-hetero) is 1. The van der Waals surface area contributed by atoms with E-state index >= 15 is 0 Å². The van der Waals surface area contributed by atoms with Crippen molar-refractivity contribution in [3.8, 4) is 0 Å². The summed E-state index contributed by atoms with van der Waals surface area (Å²) in [5.74, 6) is 0.335. The number of carbonyl (C=O) groups is 1. The maximum atomic E-state index is 11.6. The highest BCUT2D eigenvalue weighted by atomic mass is 16.1. The Bertz CT molecular complexity index is 615. The second-order valence-electron chi connectivity index (χ2n) is 4.94. The molecule has 94 valence electrons. The number of fused-ring (bicyclic) bond motifs is 1. The highest BCUT2D eigenvalue weighted by Gasteiger charge is 2.25. The van der Waals surface area contributed by atoms with Crippen molar-refractivity contribution >= 4 is 11.4 Å². The fourth-order valence-electron chi connectivity index (χ4n) is 2.78. The molecule has 1 aliphatic heterocycles. The second kappa shape index (κ2) is 4.21. The number of nitrogens with zero attached hydrogens (tertiary/aromatic N) is 2. The van der Waals surface area contributed by atoms with E-state index in [1.165, 1.54) is 0 Å². The summed E-state index contributed by atoms with van der Waals surface area (Å²) in [5.41, 5.74) is 4.26. The van der Waals surface area contributed by atoms with Crippen LogP contribution in [0.1, 0.15) is 36.0 Å². The lowest BCUT2D eigenvalue weighted by atomic mass is 9.99. The molecule has 0 spiro atoms. The van der Waals surface area contributed by atoms with Crippen LogP contribution in [0.3, 0.4) is 0 Å². The van der Waals surface area contributed by atoms with Gasteiger partial charge < -0.3 is 5.32 Å². The lowest BCUT2D eigenvalue weighted by Crippen LogP contribution is -2.33. The van der Waals surface area contributed by atoms with Crippen molar-refractivity contribution in [2.45, 2.75) is 32.7 Å². The zero-order valence-corrected chi connectivity index (χ0v) is 10.7. The Morgan fingerprint density at radius 1 is 1.39 bits per heavy atom. The van der Waals surface area contributed by atoms with Gasteiger partial charge in [0, 0.05) is 25.1 Å². The number of aryl methyl sites for hydroxylation is 2. The van der Waals surface area contributed by atoms with Crippen molar-refractivity contribution in [1.29, 1.82) is 0 Å². The van der Waals surface area contributed by atoms with E-state index in [1.54, 1.807) is 0 Å². The van der Waals surface area contributed by atoms with Crippen LogP contribution in [0, 0.1) is 13.8 Å². The standard InChI is InChI=1S/C14H17N3O/c1-9-4-3-5-13-16-10(2)14(17(9)13)12-8-11(18)6-7-15-12/h3-5,12,15H,6-8H2,1-2H3. The monoisotopic (exact) mass is 243 g/mol. The van der Waals surface area contributed by atoms with Gasteiger partial charge in [-0.1, -0.05) is 6.07 Å². The molecule has 1 unspecified atom stereocenters. The highest BCUT2D eigenvalue weighted by Crippen LogP contribution is 2.26. The molecular formula is C14H17N3O. The number of imidazole rings is 1. The molecule has 0 bridgehead atoms. The molecule has 0 amide bonds. The minimum Gasteiger partial charge on any atom is -0.308 e. The molecule has 1 saturated heterocycles. The Hall–Kier alpha value is -1.68. The van der Waals surface area contributed by atoms with Gasteiger partial charge in [0.15, 0.2) is 0 Å². The fraction of sp³-hybridized carbons (Fsp3) is 0.429. The zero-order chi connectivity index (χ0) is 12.7. The van der Waals surface area contributed by atoms with Gasteiger partial charge in [0.05, 0.1) is 17.4 Å². The second-order valence-corrected chi connectivity index (χ2v) is 4.94. The number of hydrogen-bond acceptors (Lipinski definition) is 3. The topological polar surface area (TPSA) is 46.4 Å². The van der Waals surface area contributed by atoms with Crippen LogP contribution >= 0.6 is 0 Å². The first-order valence-corrected chi connectivity index (χ1v) is 6.36. The van der Waals surface area contributed by atoms with E-state index in [9.17, 15) is 4.79 Å². The van der Waals surface area contributed by atoms with Gasteiger partial charge in [-0.15, -0.1) is 0 Å². The van der Waals surface area contributed by atoms with E-state index in [0.29, 0.717) is 18.6 Å². The molecule has 0 radical (unpaired) electrons. The number of ketones is 1. The van der Waals surface area contributed by atoms with Gasteiger partial charge in [-0.3, -0.25) is 9.20 Å². The van der Waals surface area contributed by atoms with Gasteiger partial charge in [-0.25, -0.2) is 4.98 Å². The summed E-state index contributed by atoms with van der Waals surface area (Å²) in [6.07, 6.45) is 1.22. The van der Waals surface area contributed by atoms with E-state index in [0.717, 1.165) is 29.3 Å². The SMILES string of the molecule is Cc1nc2cccc(C)n2c1C1CC(=O)CCN1. The highest BCUT2D eigenvalue weighted by molar-refractivity contribution is 5.80. The van der Waals surface area contributed by atoms with E-state index in [4.69, 9.17) is 0 Å². The minimum atomic E-state index is 0.0994. The van der Waals surface area contributed by atoms with Gasteiger partial charge in [0.25, 0.3) is 0 Å². The molecule has 3 heterocycles. The minimum absolute atomic E-state index is 0.0994. The van der Waals surface area contributed by atoms with Crippen LogP contribution in [0.25, 0.3) is 5.65 Å². The molecule has 1 aliphatic rings. The first kappa shape index (κ1) is 11.4. The predicted octanol–water partition coefficient (Wildman–Crippen LogP) is 1.94. The Kier molecular flexibility index (Phi) is 2.67. The van der Waals surface area contributed by atoms with E-state index < -0.39 is 0 Å². The molecule has 0 saturated carbocycles. The first-order chi connectivity index (χ1) is 8.66. The van der Waals surface area contributed by atoms with Crippen molar-refractivity contribution in [2.75, 3.05) is 6.54 Å². The molecule has 2 aromatic rings. The molecule has 2 aromatic heterocycles. The van der Waals surface area contributed by atoms with Crippen LogP contribution in [0.2, 0.25) is 0 Å². The number of hydrogen-bond donors (Lipinski definition) is 1. The average molecular weight is 243 g/mol. The van der Waals surface area contributed by atoms with Gasteiger partial charge in [0.2, 0.25) is 0 Å². The Morgan fingerprint density at radius 2 is 2.22 bits per heavy atom. The summed E-state index contributed by atoms with van der Waals surface area (Å²) < 4.78 is 2.16. The third-order valence-corrected chi connectivity index (χ3v) is 3.61. The summed E-state index contributed by atoms with van der Waals surface area (Å²) in [6, 6.07) is 6.19. The number of rotatable bonds is 1. The molecule has 0 aliphatic carbocycles. The molecule has 4 nitrogen and oxygen atoms in total. The maximum Gasteiger partial charge on any atom is 0.137 e. The van der Waals surface area contributed by atoms with Crippen molar-refractivity contribution in [1.82, 2.24) is 14.7 Å². The number of pyridine rings is 1. The molecule has 18 heavy (non-hydrogen) atoms. The maximum absolute atomic E-state index is 11.6. The molecule has 1 fully saturated rings. The van der Waals surface area contributed by atoms with E-state index in [-0.39, 0.29) is 6.04 Å². The fourth-order valence-corrected chi connectivity index (χ4v) is 2.78. The smallest absolute Gasteiger partial charge is 0.137 e. The van der Waals surface area contributed by atoms with E-state index in [1.807, 2.05) is 19.1 Å². The lowest BCUT2D eigenvalue weighted by molar-refractivity contribution is -0.120. The molecular weight excluding hydrogens is 226 g/mol. The van der Waals surface area contributed by atoms with Crippen molar-refractivity contribution < 1.29 is 4.79 Å². The Balaban J connectivity index is 2.15. The first-order valence-electron chi connectivity index (χ1n) is 6.36. The summed E-state index contributed by atoms with van der Waals surface area (Å²) in [5, 5.41) is 3.43. The molecule has 1 N–H and O–H groups in total. The van der Waals surface area contributed by atoms with E-state index in [2.05, 4.69) is 27.7 Å². The predicted molar refractivity (Wildman–Crippen MR) is 69.7 cm³/mol. The van der Waals surface area contributed by atoms with Gasteiger partial charge >= 0.3 is 0 Å². The van der Waals surface area contributed by atoms with Gasteiger partial charge in [-0.2, -0.15) is 0 Å². The van der Waals surface area contributed by atoms with Gasteiger partial charge in [0.1, 0.15) is 11.4 Å². The zero-order valence-electron chi connectivity index (χ0n) is 10.7. The summed E-state index contributed by atoms with van der Waals surface area (Å²) >= 11 is 0. The average Bonchev–Trinajstić information content (AvgIpc) is 2.67. The largest absolute Gasteiger partial charge is 0.308 e. The molecule has 0 aromatic carbocycles. The van der Waals surface area contributed by atoms with Crippen LogP contribution in [0.4, 0.5) is 0 Å².